The fourth-order valence-corrected chi connectivity index (χ4v) is 1.76. The summed E-state index contributed by atoms with van der Waals surface area (Å²) in [5, 5.41) is 4.19. The van der Waals surface area contributed by atoms with Crippen molar-refractivity contribution in [2.75, 3.05) is 12.3 Å². The predicted molar refractivity (Wildman–Crippen MR) is 79.7 cm³/mol. The number of anilines is 1. The molecule has 106 valence electrons. The second-order valence-electron chi connectivity index (χ2n) is 5.14. The molecule has 5 heteroatoms. The lowest BCUT2D eigenvalue weighted by Crippen LogP contribution is -2.22. The molecule has 0 bridgehead atoms. The highest BCUT2D eigenvalue weighted by Crippen LogP contribution is 2.21. The number of hydrogen-bond donors (Lipinski definition) is 1. The van der Waals surface area contributed by atoms with Crippen molar-refractivity contribution in [2.45, 2.75) is 13.8 Å². The normalized spacial score (nSPS) is 10.8. The van der Waals surface area contributed by atoms with Crippen LogP contribution in [0.15, 0.2) is 35.1 Å². The summed E-state index contributed by atoms with van der Waals surface area (Å²) in [7, 11) is 1.59. The van der Waals surface area contributed by atoms with Crippen molar-refractivity contribution in [2.24, 2.45) is 13.0 Å². The Hall–Kier alpha value is -2.30. The number of aryl methyl sites for hydroxylation is 1. The molecule has 2 aromatic rings. The molecular weight excluding hydrogens is 254 g/mol. The number of ether oxygens (including phenoxy) is 1. The maximum absolute atomic E-state index is 11.5. The fourth-order valence-electron chi connectivity index (χ4n) is 1.76. The molecule has 0 aliphatic heterocycles. The van der Waals surface area contributed by atoms with E-state index in [1.54, 1.807) is 13.1 Å². The van der Waals surface area contributed by atoms with E-state index in [-0.39, 0.29) is 11.2 Å². The molecule has 0 spiro atoms. The van der Waals surface area contributed by atoms with Crippen LogP contribution in [0, 0.1) is 5.92 Å². The molecule has 1 aromatic carbocycles. The molecule has 0 aliphatic rings. The summed E-state index contributed by atoms with van der Waals surface area (Å²) in [6.45, 7) is 4.89. The molecule has 0 saturated carbocycles. The summed E-state index contributed by atoms with van der Waals surface area (Å²) >= 11 is 0. The Morgan fingerprint density at radius 1 is 1.30 bits per heavy atom. The average molecular weight is 273 g/mol. The zero-order valence-electron chi connectivity index (χ0n) is 12.0. The number of nitrogen functional groups attached to an aromatic ring is 1. The molecule has 0 atom stereocenters. The summed E-state index contributed by atoms with van der Waals surface area (Å²) in [4.78, 5) is 11.5. The second-order valence-corrected chi connectivity index (χ2v) is 5.14. The first-order chi connectivity index (χ1) is 9.47. The molecule has 1 aromatic heterocycles. The van der Waals surface area contributed by atoms with Crippen LogP contribution in [0.25, 0.3) is 11.3 Å². The van der Waals surface area contributed by atoms with Crippen LogP contribution in [-0.2, 0) is 7.05 Å². The van der Waals surface area contributed by atoms with E-state index in [9.17, 15) is 4.79 Å². The summed E-state index contributed by atoms with van der Waals surface area (Å²) in [5.41, 5.74) is 7.14. The first-order valence-electron chi connectivity index (χ1n) is 6.54. The number of hydrogen-bond acceptors (Lipinski definition) is 4. The minimum Gasteiger partial charge on any atom is -0.493 e. The average Bonchev–Trinajstić information content (AvgIpc) is 2.42. The quantitative estimate of drug-likeness (QED) is 0.925. The second kappa shape index (κ2) is 5.77. The first-order valence-corrected chi connectivity index (χ1v) is 6.54. The van der Waals surface area contributed by atoms with Crippen LogP contribution in [0.3, 0.4) is 0 Å². The van der Waals surface area contributed by atoms with Crippen LogP contribution in [0.2, 0.25) is 0 Å². The van der Waals surface area contributed by atoms with Gasteiger partial charge in [-0.3, -0.25) is 4.79 Å². The number of rotatable bonds is 4. The van der Waals surface area contributed by atoms with E-state index in [0.29, 0.717) is 18.2 Å². The van der Waals surface area contributed by atoms with Gasteiger partial charge in [0.2, 0.25) is 0 Å². The van der Waals surface area contributed by atoms with E-state index in [0.717, 1.165) is 11.3 Å². The lowest BCUT2D eigenvalue weighted by Gasteiger charge is -2.09. The monoisotopic (exact) mass is 273 g/mol. The maximum Gasteiger partial charge on any atom is 0.289 e. The van der Waals surface area contributed by atoms with Gasteiger partial charge >= 0.3 is 0 Å². The Kier molecular flexibility index (Phi) is 4.08. The Morgan fingerprint density at radius 2 is 1.95 bits per heavy atom. The third-order valence-electron chi connectivity index (χ3n) is 2.82. The van der Waals surface area contributed by atoms with Gasteiger partial charge in [0.25, 0.3) is 5.56 Å². The van der Waals surface area contributed by atoms with Crippen LogP contribution in [0.5, 0.6) is 5.75 Å². The maximum atomic E-state index is 11.5. The van der Waals surface area contributed by atoms with Crippen molar-refractivity contribution >= 4 is 5.69 Å². The van der Waals surface area contributed by atoms with Crippen molar-refractivity contribution in [1.82, 2.24) is 9.78 Å². The molecule has 0 saturated heterocycles. The summed E-state index contributed by atoms with van der Waals surface area (Å²) < 4.78 is 6.87. The van der Waals surface area contributed by atoms with Gasteiger partial charge in [-0.15, -0.1) is 0 Å². The van der Waals surface area contributed by atoms with Crippen molar-refractivity contribution in [3.05, 3.63) is 40.7 Å². The Bertz CT molecular complexity index is 619. The van der Waals surface area contributed by atoms with E-state index in [4.69, 9.17) is 10.5 Å². The van der Waals surface area contributed by atoms with E-state index in [2.05, 4.69) is 18.9 Å². The molecule has 1 heterocycles. The van der Waals surface area contributed by atoms with E-state index in [1.165, 1.54) is 4.68 Å². The van der Waals surface area contributed by atoms with Crippen molar-refractivity contribution < 1.29 is 4.74 Å². The summed E-state index contributed by atoms with van der Waals surface area (Å²) in [6.07, 6.45) is 0. The number of nitrogens with two attached hydrogens (primary N) is 1. The number of aromatic nitrogens is 2. The minimum absolute atomic E-state index is 0.192. The molecular formula is C15H19N3O2. The lowest BCUT2D eigenvalue weighted by molar-refractivity contribution is 0.271. The smallest absolute Gasteiger partial charge is 0.289 e. The molecule has 2 rings (SSSR count). The Morgan fingerprint density at radius 3 is 2.50 bits per heavy atom. The number of benzene rings is 1. The molecule has 20 heavy (non-hydrogen) atoms. The standard InChI is InChI=1S/C15H19N3O2/c1-10(2)9-20-12-6-4-11(5-7-12)14-8-13(16)15(19)18(3)17-14/h4-8,10H,9,16H2,1-3H3. The molecule has 0 radical (unpaired) electrons. The fraction of sp³-hybridized carbons (Fsp3) is 0.333. The molecule has 2 N–H and O–H groups in total. The number of nitrogens with zero attached hydrogens (tertiary/aromatic N) is 2. The van der Waals surface area contributed by atoms with Crippen LogP contribution in [0.4, 0.5) is 5.69 Å². The van der Waals surface area contributed by atoms with Gasteiger partial charge < -0.3 is 10.5 Å². The SMILES string of the molecule is CC(C)COc1ccc(-c2cc(N)c(=O)n(C)n2)cc1. The van der Waals surface area contributed by atoms with Gasteiger partial charge in [0.1, 0.15) is 11.4 Å². The van der Waals surface area contributed by atoms with Gasteiger partial charge in [-0.25, -0.2) is 4.68 Å². The van der Waals surface area contributed by atoms with E-state index in [1.807, 2.05) is 24.3 Å². The van der Waals surface area contributed by atoms with Crippen molar-refractivity contribution in [3.63, 3.8) is 0 Å². The topological polar surface area (TPSA) is 70.1 Å². The Labute approximate surface area is 118 Å². The summed E-state index contributed by atoms with van der Waals surface area (Å²) in [6, 6.07) is 9.18. The highest BCUT2D eigenvalue weighted by molar-refractivity contribution is 5.62. The Balaban J connectivity index is 2.24. The van der Waals surface area contributed by atoms with Crippen LogP contribution >= 0.6 is 0 Å². The van der Waals surface area contributed by atoms with Gasteiger partial charge in [-0.05, 0) is 36.2 Å². The van der Waals surface area contributed by atoms with Crippen LogP contribution in [-0.4, -0.2) is 16.4 Å². The van der Waals surface area contributed by atoms with Crippen LogP contribution < -0.4 is 16.0 Å². The van der Waals surface area contributed by atoms with Gasteiger partial charge in [0, 0.05) is 12.6 Å². The van der Waals surface area contributed by atoms with Gasteiger partial charge in [0.05, 0.1) is 12.3 Å². The first kappa shape index (κ1) is 14.1. The molecule has 5 nitrogen and oxygen atoms in total. The third-order valence-corrected chi connectivity index (χ3v) is 2.82. The predicted octanol–water partition coefficient (Wildman–Crippen LogP) is 2.06. The molecule has 0 unspecified atom stereocenters. The molecule has 0 amide bonds. The highest BCUT2D eigenvalue weighted by atomic mass is 16.5. The van der Waals surface area contributed by atoms with Crippen molar-refractivity contribution in [3.8, 4) is 17.0 Å². The zero-order chi connectivity index (χ0) is 14.7. The van der Waals surface area contributed by atoms with Crippen LogP contribution in [0.1, 0.15) is 13.8 Å². The zero-order valence-corrected chi connectivity index (χ0v) is 12.0. The lowest BCUT2D eigenvalue weighted by atomic mass is 10.1. The van der Waals surface area contributed by atoms with Gasteiger partial charge in [-0.2, -0.15) is 5.10 Å². The van der Waals surface area contributed by atoms with E-state index < -0.39 is 0 Å². The summed E-state index contributed by atoms with van der Waals surface area (Å²) in [5.74, 6) is 1.31. The van der Waals surface area contributed by atoms with E-state index >= 15 is 0 Å². The highest BCUT2D eigenvalue weighted by Gasteiger charge is 2.06. The van der Waals surface area contributed by atoms with Crippen molar-refractivity contribution in [1.29, 1.82) is 0 Å². The minimum atomic E-state index is -0.286. The third kappa shape index (κ3) is 3.17. The molecule has 0 fully saturated rings. The molecule has 0 aliphatic carbocycles. The van der Waals surface area contributed by atoms with Gasteiger partial charge in [-0.1, -0.05) is 13.8 Å². The van der Waals surface area contributed by atoms with Gasteiger partial charge in [0.15, 0.2) is 0 Å². The largest absolute Gasteiger partial charge is 0.493 e.